The molecule has 0 spiro atoms. The van der Waals surface area contributed by atoms with Gasteiger partial charge in [-0.1, -0.05) is 48.5 Å². The molecule has 132 valence electrons. The lowest BCUT2D eigenvalue weighted by Crippen LogP contribution is -2.35. The van der Waals surface area contributed by atoms with Gasteiger partial charge >= 0.3 is 5.97 Å². The van der Waals surface area contributed by atoms with Crippen molar-refractivity contribution in [2.24, 2.45) is 0 Å². The Labute approximate surface area is 154 Å². The van der Waals surface area contributed by atoms with Crippen LogP contribution in [-0.4, -0.2) is 33.4 Å². The highest BCUT2D eigenvalue weighted by atomic mass is 32.1. The van der Waals surface area contributed by atoms with Crippen molar-refractivity contribution >= 4 is 34.0 Å². The van der Waals surface area contributed by atoms with E-state index in [1.807, 2.05) is 60.7 Å². The first kappa shape index (κ1) is 17.6. The summed E-state index contributed by atoms with van der Waals surface area (Å²) in [7, 11) is 0. The number of carboxylic acids is 1. The Morgan fingerprint density at radius 1 is 1.04 bits per heavy atom. The number of rotatable bonds is 7. The van der Waals surface area contributed by atoms with Gasteiger partial charge in [0.25, 0.3) is 5.91 Å². The zero-order chi connectivity index (χ0) is 18.4. The molecule has 0 aliphatic carbocycles. The third kappa shape index (κ3) is 4.67. The number of amides is 1. The van der Waals surface area contributed by atoms with Gasteiger partial charge in [-0.15, -0.1) is 11.3 Å². The number of carbonyl (C=O) groups excluding carboxylic acids is 1. The summed E-state index contributed by atoms with van der Waals surface area (Å²) in [5.41, 5.74) is 1.96. The third-order valence-electron chi connectivity index (χ3n) is 3.58. The Hall–Kier alpha value is -3.19. The Morgan fingerprint density at radius 2 is 1.69 bits per heavy atom. The number of thiazole rings is 1. The predicted octanol–water partition coefficient (Wildman–Crippen LogP) is 3.61. The third-order valence-corrected chi connectivity index (χ3v) is 4.34. The molecule has 0 unspecified atom stereocenters. The maximum Gasteiger partial charge on any atom is 0.323 e. The fraction of sp³-hybridized carbons (Fsp3) is 0.105. The van der Waals surface area contributed by atoms with Crippen molar-refractivity contribution < 1.29 is 14.7 Å². The quantitative estimate of drug-likeness (QED) is 0.666. The fourth-order valence-corrected chi connectivity index (χ4v) is 3.11. The summed E-state index contributed by atoms with van der Waals surface area (Å²) in [6.45, 7) is -0.169. The SMILES string of the molecule is O=C(O)CN(Cc1ccccc1)C(=O)c1csc(Nc2ccccc2)n1. The van der Waals surface area contributed by atoms with Crippen molar-refractivity contribution in [1.82, 2.24) is 9.88 Å². The van der Waals surface area contributed by atoms with E-state index in [1.165, 1.54) is 16.2 Å². The van der Waals surface area contributed by atoms with E-state index in [-0.39, 0.29) is 18.8 Å². The summed E-state index contributed by atoms with van der Waals surface area (Å²) >= 11 is 1.30. The summed E-state index contributed by atoms with van der Waals surface area (Å²) in [4.78, 5) is 29.5. The van der Waals surface area contributed by atoms with E-state index in [2.05, 4.69) is 10.3 Å². The fourth-order valence-electron chi connectivity index (χ4n) is 2.40. The highest BCUT2D eigenvalue weighted by Crippen LogP contribution is 2.22. The molecule has 0 atom stereocenters. The van der Waals surface area contributed by atoms with Crippen molar-refractivity contribution in [1.29, 1.82) is 0 Å². The number of hydrogen-bond donors (Lipinski definition) is 2. The minimum absolute atomic E-state index is 0.213. The predicted molar refractivity (Wildman–Crippen MR) is 101 cm³/mol. The molecule has 3 aromatic rings. The standard InChI is InChI=1S/C19H17N3O3S/c23-17(24)12-22(11-14-7-3-1-4-8-14)18(25)16-13-26-19(21-16)20-15-9-5-2-6-10-15/h1-10,13H,11-12H2,(H,20,21)(H,23,24). The van der Waals surface area contributed by atoms with Crippen LogP contribution in [-0.2, 0) is 11.3 Å². The maximum atomic E-state index is 12.7. The molecule has 0 bridgehead atoms. The second-order valence-corrected chi connectivity index (χ2v) is 6.43. The van der Waals surface area contributed by atoms with Crippen molar-refractivity contribution in [3.8, 4) is 0 Å². The Morgan fingerprint density at radius 3 is 2.35 bits per heavy atom. The van der Waals surface area contributed by atoms with Gasteiger partial charge in [-0.3, -0.25) is 9.59 Å². The number of nitrogens with one attached hydrogen (secondary N) is 1. The first-order chi connectivity index (χ1) is 12.6. The lowest BCUT2D eigenvalue weighted by atomic mass is 10.2. The molecule has 0 saturated carbocycles. The van der Waals surface area contributed by atoms with E-state index in [0.29, 0.717) is 5.13 Å². The number of aliphatic carboxylic acids is 1. The van der Waals surface area contributed by atoms with Crippen LogP contribution in [0.1, 0.15) is 16.1 Å². The molecule has 0 aliphatic heterocycles. The number of hydrogen-bond acceptors (Lipinski definition) is 5. The van der Waals surface area contributed by atoms with Gasteiger partial charge in [0, 0.05) is 17.6 Å². The lowest BCUT2D eigenvalue weighted by Gasteiger charge is -2.19. The van der Waals surface area contributed by atoms with Crippen LogP contribution in [0.15, 0.2) is 66.0 Å². The van der Waals surface area contributed by atoms with E-state index < -0.39 is 11.9 Å². The molecule has 1 amide bonds. The summed E-state index contributed by atoms with van der Waals surface area (Å²) < 4.78 is 0. The molecule has 0 radical (unpaired) electrons. The minimum atomic E-state index is -1.06. The number of benzene rings is 2. The molecule has 1 heterocycles. The van der Waals surface area contributed by atoms with Gasteiger partial charge in [0.2, 0.25) is 0 Å². The number of carbonyl (C=O) groups is 2. The van der Waals surface area contributed by atoms with Gasteiger partial charge in [-0.25, -0.2) is 4.98 Å². The zero-order valence-corrected chi connectivity index (χ0v) is 14.6. The van der Waals surface area contributed by atoms with Gasteiger partial charge in [0.1, 0.15) is 12.2 Å². The molecular formula is C19H17N3O3S. The van der Waals surface area contributed by atoms with Gasteiger partial charge in [0.05, 0.1) is 0 Å². The lowest BCUT2D eigenvalue weighted by molar-refractivity contribution is -0.137. The number of aromatic nitrogens is 1. The molecule has 0 fully saturated rings. The van der Waals surface area contributed by atoms with E-state index in [0.717, 1.165) is 11.3 Å². The molecular weight excluding hydrogens is 350 g/mol. The summed E-state index contributed by atoms with van der Waals surface area (Å²) in [5.74, 6) is -1.47. The molecule has 1 aromatic heterocycles. The Kier molecular flexibility index (Phi) is 5.60. The van der Waals surface area contributed by atoms with Crippen molar-refractivity contribution in [2.75, 3.05) is 11.9 Å². The normalized spacial score (nSPS) is 10.3. The van der Waals surface area contributed by atoms with Gasteiger partial charge < -0.3 is 15.3 Å². The molecule has 2 aromatic carbocycles. The summed E-state index contributed by atoms with van der Waals surface area (Å²) in [5, 5.41) is 14.5. The number of nitrogens with zero attached hydrogens (tertiary/aromatic N) is 2. The second kappa shape index (κ2) is 8.26. The molecule has 0 aliphatic rings. The first-order valence-corrected chi connectivity index (χ1v) is 8.82. The minimum Gasteiger partial charge on any atom is -0.480 e. The molecule has 26 heavy (non-hydrogen) atoms. The smallest absolute Gasteiger partial charge is 0.323 e. The van der Waals surface area contributed by atoms with E-state index in [9.17, 15) is 9.59 Å². The van der Waals surface area contributed by atoms with Crippen LogP contribution < -0.4 is 5.32 Å². The van der Waals surface area contributed by atoms with Crippen LogP contribution in [0.2, 0.25) is 0 Å². The molecule has 0 saturated heterocycles. The van der Waals surface area contributed by atoms with Crippen LogP contribution in [0.5, 0.6) is 0 Å². The largest absolute Gasteiger partial charge is 0.480 e. The van der Waals surface area contributed by atoms with Crippen LogP contribution in [0.3, 0.4) is 0 Å². The second-order valence-electron chi connectivity index (χ2n) is 5.57. The van der Waals surface area contributed by atoms with Gasteiger partial charge in [-0.05, 0) is 17.7 Å². The van der Waals surface area contributed by atoms with E-state index in [1.54, 1.807) is 5.38 Å². The topological polar surface area (TPSA) is 82.5 Å². The van der Waals surface area contributed by atoms with Crippen LogP contribution in [0.25, 0.3) is 0 Å². The van der Waals surface area contributed by atoms with Gasteiger partial charge in [-0.2, -0.15) is 0 Å². The van der Waals surface area contributed by atoms with E-state index >= 15 is 0 Å². The Balaban J connectivity index is 1.75. The molecule has 2 N–H and O–H groups in total. The van der Waals surface area contributed by atoms with Gasteiger partial charge in [0.15, 0.2) is 5.13 Å². The number of carboxylic acid groups (broad SMARTS) is 1. The number of anilines is 2. The van der Waals surface area contributed by atoms with Crippen LogP contribution in [0.4, 0.5) is 10.8 Å². The average molecular weight is 367 g/mol. The van der Waals surface area contributed by atoms with Crippen LogP contribution in [0, 0.1) is 0 Å². The highest BCUT2D eigenvalue weighted by molar-refractivity contribution is 7.14. The van der Waals surface area contributed by atoms with Crippen LogP contribution >= 0.6 is 11.3 Å². The summed E-state index contributed by atoms with van der Waals surface area (Å²) in [6.07, 6.45) is 0. The molecule has 6 nitrogen and oxygen atoms in total. The first-order valence-electron chi connectivity index (χ1n) is 7.94. The average Bonchev–Trinajstić information content (AvgIpc) is 3.10. The Bertz CT molecular complexity index is 881. The van der Waals surface area contributed by atoms with Crippen molar-refractivity contribution in [2.45, 2.75) is 6.54 Å². The van der Waals surface area contributed by atoms with E-state index in [4.69, 9.17) is 5.11 Å². The number of para-hydroxylation sites is 1. The highest BCUT2D eigenvalue weighted by Gasteiger charge is 2.21. The van der Waals surface area contributed by atoms with Crippen molar-refractivity contribution in [3.05, 3.63) is 77.3 Å². The molecule has 3 rings (SSSR count). The maximum absolute atomic E-state index is 12.7. The summed E-state index contributed by atoms with van der Waals surface area (Å²) in [6, 6.07) is 18.8. The molecule has 7 heteroatoms. The van der Waals surface area contributed by atoms with Crippen molar-refractivity contribution in [3.63, 3.8) is 0 Å². The monoisotopic (exact) mass is 367 g/mol. The zero-order valence-electron chi connectivity index (χ0n) is 13.8.